The molecule has 2 amide bonds. The molecule has 0 saturated carbocycles. The maximum absolute atomic E-state index is 12.2. The largest absolute Gasteiger partial charge is 0.492 e. The first-order valence-electron chi connectivity index (χ1n) is 13.3. The van der Waals surface area contributed by atoms with Gasteiger partial charge in [-0.25, -0.2) is 4.39 Å². The van der Waals surface area contributed by atoms with Gasteiger partial charge in [0.05, 0.1) is 6.54 Å². The number of ether oxygens (including phenoxy) is 1. The molecule has 0 bridgehead atoms. The highest BCUT2D eigenvalue weighted by Gasteiger charge is 2.09. The number of carbonyl (C=O) groups is 2. The molecule has 2 atom stereocenters. The van der Waals surface area contributed by atoms with Gasteiger partial charge in [-0.05, 0) is 69.4 Å². The topological polar surface area (TPSA) is 91.5 Å². The number of hydrogen-bond acceptors (Lipinski definition) is 5. The van der Waals surface area contributed by atoms with E-state index >= 15 is 0 Å². The number of hydrogen-bond donors (Lipinski definition) is 4. The fourth-order valence-electron chi connectivity index (χ4n) is 3.57. The molecule has 0 saturated heterocycles. The number of amides is 2. The zero-order valence-electron chi connectivity index (χ0n) is 23.3. The average Bonchev–Trinajstić information content (AvgIpc) is 2.88. The highest BCUT2D eigenvalue weighted by molar-refractivity contribution is 5.78. The van der Waals surface area contributed by atoms with E-state index in [2.05, 4.69) is 34.8 Å². The minimum Gasteiger partial charge on any atom is -0.492 e. The van der Waals surface area contributed by atoms with Crippen molar-refractivity contribution in [2.75, 3.05) is 26.2 Å². The van der Waals surface area contributed by atoms with Crippen molar-refractivity contribution < 1.29 is 18.7 Å². The number of benzene rings is 2. The lowest BCUT2D eigenvalue weighted by molar-refractivity contribution is -0.120. The van der Waals surface area contributed by atoms with Crippen LogP contribution in [0.25, 0.3) is 0 Å². The minimum absolute atomic E-state index is 0.0200. The standard InChI is InChI=1S/C23H38N4O3.C7H7F/c1-5-9-18(2)27-23(29)15-26-19(3)14-25-20(4)16-30-22-12-7-6-10-21(22)11-8-13-24-17-28;1-6-3-2-4-7(8)5-6/h6-7,10,12,17-18,20,25-26H,3,5,8-9,11,13-16H2,1-2,4H3,(H,24,28)(H,27,29);2-5H,1H3/t18?,20-;/m0./s1. The highest BCUT2D eigenvalue weighted by Crippen LogP contribution is 2.19. The van der Waals surface area contributed by atoms with Crippen LogP contribution in [0, 0.1) is 12.7 Å². The third-order valence-corrected chi connectivity index (χ3v) is 5.58. The normalized spacial score (nSPS) is 11.8. The third-order valence-electron chi connectivity index (χ3n) is 5.58. The minimum atomic E-state index is -0.162. The molecule has 0 spiro atoms. The van der Waals surface area contributed by atoms with Gasteiger partial charge in [0, 0.05) is 30.9 Å². The Balaban J connectivity index is 0.000000763. The van der Waals surface area contributed by atoms with E-state index in [0.29, 0.717) is 19.7 Å². The van der Waals surface area contributed by atoms with Gasteiger partial charge < -0.3 is 26.0 Å². The van der Waals surface area contributed by atoms with Crippen LogP contribution < -0.4 is 26.0 Å². The van der Waals surface area contributed by atoms with Gasteiger partial charge in [-0.3, -0.25) is 9.59 Å². The van der Waals surface area contributed by atoms with Crippen LogP contribution in [-0.4, -0.2) is 50.6 Å². The molecule has 2 aromatic carbocycles. The SMILES string of the molecule is C=C(CN[C@@H](C)COc1ccccc1CCCNC=O)NCC(=O)NC(C)CCC.Cc1cccc(F)c1. The summed E-state index contributed by atoms with van der Waals surface area (Å²) in [7, 11) is 0. The number of aryl methyl sites for hydroxylation is 2. The first-order valence-corrected chi connectivity index (χ1v) is 13.3. The summed E-state index contributed by atoms with van der Waals surface area (Å²) in [6.07, 6.45) is 4.46. The maximum Gasteiger partial charge on any atom is 0.239 e. The van der Waals surface area contributed by atoms with E-state index in [0.717, 1.165) is 54.7 Å². The molecule has 4 N–H and O–H groups in total. The van der Waals surface area contributed by atoms with Crippen LogP contribution in [0.1, 0.15) is 51.2 Å². The van der Waals surface area contributed by atoms with E-state index in [4.69, 9.17) is 4.74 Å². The van der Waals surface area contributed by atoms with E-state index in [-0.39, 0.29) is 30.4 Å². The van der Waals surface area contributed by atoms with Gasteiger partial charge in [0.25, 0.3) is 0 Å². The summed E-state index contributed by atoms with van der Waals surface area (Å²) in [5.41, 5.74) is 2.86. The van der Waals surface area contributed by atoms with Gasteiger partial charge in [0.15, 0.2) is 0 Å². The van der Waals surface area contributed by atoms with Crippen LogP contribution in [0.5, 0.6) is 5.75 Å². The Morgan fingerprint density at radius 2 is 1.87 bits per heavy atom. The molecule has 210 valence electrons. The Kier molecular flexibility index (Phi) is 16.9. The molecule has 0 aliphatic rings. The second-order valence-electron chi connectivity index (χ2n) is 9.39. The molecule has 0 fully saturated rings. The van der Waals surface area contributed by atoms with Crippen molar-refractivity contribution in [3.8, 4) is 5.75 Å². The summed E-state index contributed by atoms with van der Waals surface area (Å²) >= 11 is 0. The number of nitrogens with one attached hydrogen (secondary N) is 4. The smallest absolute Gasteiger partial charge is 0.239 e. The summed E-state index contributed by atoms with van der Waals surface area (Å²) < 4.78 is 18.2. The van der Waals surface area contributed by atoms with Crippen LogP contribution in [0.3, 0.4) is 0 Å². The van der Waals surface area contributed by atoms with Gasteiger partial charge in [-0.1, -0.05) is 50.3 Å². The Labute approximate surface area is 227 Å². The van der Waals surface area contributed by atoms with Crippen molar-refractivity contribution in [2.24, 2.45) is 0 Å². The van der Waals surface area contributed by atoms with E-state index < -0.39 is 0 Å². The van der Waals surface area contributed by atoms with Crippen LogP contribution in [0.2, 0.25) is 0 Å². The van der Waals surface area contributed by atoms with Crippen LogP contribution in [0.4, 0.5) is 4.39 Å². The average molecular weight is 529 g/mol. The van der Waals surface area contributed by atoms with Crippen molar-refractivity contribution in [1.29, 1.82) is 0 Å². The molecule has 0 aromatic heterocycles. The quantitative estimate of drug-likeness (QED) is 0.182. The van der Waals surface area contributed by atoms with Gasteiger partial charge in [0.2, 0.25) is 12.3 Å². The van der Waals surface area contributed by atoms with Crippen molar-refractivity contribution >= 4 is 12.3 Å². The van der Waals surface area contributed by atoms with Crippen LogP contribution in [0.15, 0.2) is 60.8 Å². The molecule has 38 heavy (non-hydrogen) atoms. The van der Waals surface area contributed by atoms with Crippen molar-refractivity contribution in [3.63, 3.8) is 0 Å². The molecule has 8 heteroatoms. The number of para-hydroxylation sites is 1. The second kappa shape index (κ2) is 19.7. The van der Waals surface area contributed by atoms with Crippen LogP contribution >= 0.6 is 0 Å². The van der Waals surface area contributed by atoms with E-state index in [1.807, 2.05) is 51.1 Å². The van der Waals surface area contributed by atoms with Gasteiger partial charge in [-0.2, -0.15) is 0 Å². The predicted molar refractivity (Wildman–Crippen MR) is 153 cm³/mol. The molecule has 0 radical (unpaired) electrons. The van der Waals surface area contributed by atoms with Crippen LogP contribution in [-0.2, 0) is 16.0 Å². The molecular weight excluding hydrogens is 483 g/mol. The first kappa shape index (κ1) is 32.6. The Morgan fingerprint density at radius 3 is 2.53 bits per heavy atom. The van der Waals surface area contributed by atoms with E-state index in [1.165, 1.54) is 12.1 Å². The zero-order chi connectivity index (χ0) is 28.2. The van der Waals surface area contributed by atoms with Crippen molar-refractivity contribution in [1.82, 2.24) is 21.3 Å². The lowest BCUT2D eigenvalue weighted by Gasteiger charge is -2.18. The molecular formula is C30H45FN4O3. The number of rotatable bonds is 17. The highest BCUT2D eigenvalue weighted by atomic mass is 19.1. The third kappa shape index (κ3) is 15.7. The Bertz CT molecular complexity index is 953. The molecule has 2 aromatic rings. The molecule has 7 nitrogen and oxygen atoms in total. The maximum atomic E-state index is 12.2. The summed E-state index contributed by atoms with van der Waals surface area (Å²) in [5, 5.41) is 12.0. The summed E-state index contributed by atoms with van der Waals surface area (Å²) in [6, 6.07) is 14.8. The lowest BCUT2D eigenvalue weighted by atomic mass is 10.1. The Hall–Kier alpha value is -3.39. The van der Waals surface area contributed by atoms with Crippen molar-refractivity contribution in [2.45, 2.75) is 65.5 Å². The zero-order valence-corrected chi connectivity index (χ0v) is 23.3. The first-order chi connectivity index (χ1) is 18.2. The molecule has 2 rings (SSSR count). The summed E-state index contributed by atoms with van der Waals surface area (Å²) in [6.45, 7) is 14.0. The number of halogens is 1. The van der Waals surface area contributed by atoms with Crippen molar-refractivity contribution in [3.05, 3.63) is 77.8 Å². The summed E-state index contributed by atoms with van der Waals surface area (Å²) in [5.74, 6) is 0.686. The van der Waals surface area contributed by atoms with Gasteiger partial charge in [0.1, 0.15) is 18.2 Å². The molecule has 1 unspecified atom stereocenters. The van der Waals surface area contributed by atoms with Gasteiger partial charge >= 0.3 is 0 Å². The molecule has 0 heterocycles. The summed E-state index contributed by atoms with van der Waals surface area (Å²) in [4.78, 5) is 22.2. The van der Waals surface area contributed by atoms with E-state index in [9.17, 15) is 14.0 Å². The fourth-order valence-corrected chi connectivity index (χ4v) is 3.57. The lowest BCUT2D eigenvalue weighted by Crippen LogP contribution is -2.41. The van der Waals surface area contributed by atoms with Gasteiger partial charge in [-0.15, -0.1) is 0 Å². The number of carbonyl (C=O) groups excluding carboxylic acids is 2. The van der Waals surface area contributed by atoms with E-state index in [1.54, 1.807) is 6.07 Å². The predicted octanol–water partition coefficient (Wildman–Crippen LogP) is 4.26. The molecule has 0 aliphatic carbocycles. The monoisotopic (exact) mass is 528 g/mol. The fraction of sp³-hybridized carbons (Fsp3) is 0.467. The Morgan fingerprint density at radius 1 is 1.11 bits per heavy atom. The second-order valence-corrected chi connectivity index (χ2v) is 9.39. The molecule has 0 aliphatic heterocycles.